The second-order valence-corrected chi connectivity index (χ2v) is 24.0. The van der Waals surface area contributed by atoms with Crippen LogP contribution in [0.25, 0.3) is 44.5 Å². The predicted molar refractivity (Wildman–Crippen MR) is 343 cm³/mol. The van der Waals surface area contributed by atoms with E-state index in [1.54, 1.807) is 0 Å². The number of nitrogens with zero attached hydrogens (tertiary/aromatic N) is 1. The average Bonchev–Trinajstić information content (AvgIpc) is 1.56. The molecule has 0 unspecified atom stereocenters. The number of para-hydroxylation sites is 2. The number of hydrogen-bond donors (Lipinski definition) is 0. The lowest BCUT2D eigenvalue weighted by Gasteiger charge is -2.40. The van der Waals surface area contributed by atoms with Gasteiger partial charge in [0.15, 0.2) is 0 Å². The Morgan fingerprint density at radius 1 is 0.262 bits per heavy atom. The molecule has 0 saturated heterocycles. The summed E-state index contributed by atoms with van der Waals surface area (Å²) >= 11 is 1.89. The van der Waals surface area contributed by atoms with Crippen LogP contribution < -0.4 is 9.64 Å². The summed E-state index contributed by atoms with van der Waals surface area (Å²) in [5.74, 6) is 1.78. The van der Waals surface area contributed by atoms with Crippen LogP contribution in [0.1, 0.15) is 66.8 Å². The smallest absolute Gasteiger partial charge is 0.132 e. The number of benzene rings is 13. The summed E-state index contributed by atoms with van der Waals surface area (Å²) in [6.45, 7) is 0. The van der Waals surface area contributed by atoms with Gasteiger partial charge in [0.25, 0.3) is 0 Å². The zero-order valence-corrected chi connectivity index (χ0v) is 46.5. The molecule has 5 aliphatic rings. The molecule has 0 radical (unpaired) electrons. The van der Waals surface area contributed by atoms with Crippen molar-refractivity contribution in [2.45, 2.75) is 26.0 Å². The molecule has 0 N–H and O–H groups in total. The van der Waals surface area contributed by atoms with Crippen molar-refractivity contribution < 1.29 is 4.74 Å². The van der Waals surface area contributed by atoms with Gasteiger partial charge in [-0.15, -0.1) is 0 Å². The van der Waals surface area contributed by atoms with Crippen LogP contribution in [-0.2, 0) is 16.2 Å². The Bertz CT molecular complexity index is 4740. The summed E-state index contributed by atoms with van der Waals surface area (Å²) in [5.41, 5.74) is 26.7. The van der Waals surface area contributed by atoms with E-state index in [9.17, 15) is 0 Å². The monoisotopic (exact) mass is 1090 g/mol. The Labute approximate surface area is 493 Å². The van der Waals surface area contributed by atoms with Crippen molar-refractivity contribution in [2.75, 3.05) is 4.90 Å². The highest BCUT2D eigenvalue weighted by Gasteiger charge is 2.53. The minimum atomic E-state index is -0.586. The van der Waals surface area contributed by atoms with Crippen molar-refractivity contribution in [1.82, 2.24) is 0 Å². The molecule has 0 bridgehead atoms. The van der Waals surface area contributed by atoms with Gasteiger partial charge in [0.2, 0.25) is 0 Å². The molecule has 0 saturated carbocycles. The van der Waals surface area contributed by atoms with E-state index in [1.165, 1.54) is 104 Å². The number of fused-ring (bicyclic) bond motifs is 21. The Hall–Kier alpha value is -10.2. The first kappa shape index (κ1) is 47.4. The van der Waals surface area contributed by atoms with E-state index in [0.29, 0.717) is 0 Å². The molecule has 2 nitrogen and oxygen atoms in total. The van der Waals surface area contributed by atoms with E-state index < -0.39 is 16.2 Å². The molecule has 2 heterocycles. The highest BCUT2D eigenvalue weighted by molar-refractivity contribution is 7.99. The quantitative estimate of drug-likeness (QED) is 0.165. The van der Waals surface area contributed by atoms with Gasteiger partial charge in [0.05, 0.1) is 21.9 Å². The zero-order valence-electron chi connectivity index (χ0n) is 45.7. The van der Waals surface area contributed by atoms with Crippen molar-refractivity contribution in [3.8, 4) is 56.0 Å². The molecular formula is C81H51NOS. The minimum Gasteiger partial charge on any atom is -0.457 e. The zero-order chi connectivity index (χ0) is 55.1. The second-order valence-electron chi connectivity index (χ2n) is 22.9. The van der Waals surface area contributed by atoms with Crippen LogP contribution in [0, 0.1) is 0 Å². The SMILES string of the molecule is c1ccc(C2(c3ccccc3)c3ccccc3-c3ccc(-c4ccc(N(c5ccc6c(c5)-c5ccccc5C65c6ccccc6Oc6ccccc65)c5cccc6c5-c5ccccc5C65c6ccccc6Sc6ccccc65)cc4)cc32)cc1. The van der Waals surface area contributed by atoms with E-state index >= 15 is 0 Å². The van der Waals surface area contributed by atoms with Crippen LogP contribution in [0.4, 0.5) is 17.1 Å². The van der Waals surface area contributed by atoms with E-state index in [2.05, 4.69) is 314 Å². The van der Waals surface area contributed by atoms with Gasteiger partial charge in [-0.2, -0.15) is 0 Å². The van der Waals surface area contributed by atoms with Crippen molar-refractivity contribution in [3.05, 3.63) is 376 Å². The van der Waals surface area contributed by atoms with Gasteiger partial charge in [0, 0.05) is 37.9 Å². The third-order valence-corrected chi connectivity index (χ3v) is 20.2. The molecule has 0 fully saturated rings. The van der Waals surface area contributed by atoms with Crippen molar-refractivity contribution >= 4 is 28.8 Å². The van der Waals surface area contributed by atoms with Gasteiger partial charge in [-0.05, 0) is 155 Å². The lowest BCUT2D eigenvalue weighted by atomic mass is 9.66. The average molecular weight is 1090 g/mol. The molecule has 18 rings (SSSR count). The van der Waals surface area contributed by atoms with Gasteiger partial charge >= 0.3 is 0 Å². The fraction of sp³-hybridized carbons (Fsp3) is 0.0370. The summed E-state index contributed by atoms with van der Waals surface area (Å²) in [6.07, 6.45) is 0. The van der Waals surface area contributed by atoms with Gasteiger partial charge < -0.3 is 9.64 Å². The maximum Gasteiger partial charge on any atom is 0.132 e. The highest BCUT2D eigenvalue weighted by atomic mass is 32.2. The van der Waals surface area contributed by atoms with Gasteiger partial charge in [-0.3, -0.25) is 0 Å². The first-order valence-electron chi connectivity index (χ1n) is 29.1. The molecule has 13 aromatic rings. The summed E-state index contributed by atoms with van der Waals surface area (Å²) in [6, 6.07) is 116. The van der Waals surface area contributed by atoms with Gasteiger partial charge in [0.1, 0.15) is 11.5 Å². The van der Waals surface area contributed by atoms with E-state index in [0.717, 1.165) is 45.3 Å². The number of ether oxygens (including phenoxy) is 1. The highest BCUT2D eigenvalue weighted by Crippen LogP contribution is 2.66. The third-order valence-electron chi connectivity index (χ3n) is 19.1. The van der Waals surface area contributed by atoms with Crippen LogP contribution in [0.5, 0.6) is 11.5 Å². The molecule has 2 spiro atoms. The first-order chi connectivity index (χ1) is 41.7. The van der Waals surface area contributed by atoms with Crippen molar-refractivity contribution in [1.29, 1.82) is 0 Å². The van der Waals surface area contributed by atoms with Crippen LogP contribution in [0.15, 0.2) is 319 Å². The Morgan fingerprint density at radius 3 is 1.33 bits per heavy atom. The maximum atomic E-state index is 6.75. The van der Waals surface area contributed by atoms with E-state index in [-0.39, 0.29) is 0 Å². The lowest BCUT2D eigenvalue weighted by Crippen LogP contribution is -2.32. The molecule has 392 valence electrons. The Kier molecular flexibility index (Phi) is 10.1. The molecule has 2 aliphatic heterocycles. The van der Waals surface area contributed by atoms with Crippen LogP contribution in [0.3, 0.4) is 0 Å². The van der Waals surface area contributed by atoms with E-state index in [1.807, 2.05) is 11.8 Å². The topological polar surface area (TPSA) is 12.5 Å². The first-order valence-corrected chi connectivity index (χ1v) is 30.0. The molecule has 0 aromatic heterocycles. The predicted octanol–water partition coefficient (Wildman–Crippen LogP) is 20.5. The maximum absolute atomic E-state index is 6.75. The summed E-state index contributed by atoms with van der Waals surface area (Å²) in [7, 11) is 0. The second kappa shape index (κ2) is 17.9. The minimum absolute atomic E-state index is 0.500. The Morgan fingerprint density at radius 2 is 0.702 bits per heavy atom. The standard InChI is InChI=1S/C81H51NOS/c1-3-22-54(23-4-1)79(55-24-5-2-6-25-55)63-29-10-7-26-58(63)60-48-44-53(50-72(60)79)52-42-45-56(46-43-52)82(57-47-49-66-62(51-57)59-27-8-11-30-64(59)80(66)67-32-13-17-38-74(67)83-75-39-18-14-33-68(75)80)73-37-21-36-71-78(73)61-28-9-12-31-65(61)81(71)69-34-15-19-40-76(69)84-77-41-20-16-35-70(77)81/h1-51H. The van der Waals surface area contributed by atoms with Crippen molar-refractivity contribution in [2.24, 2.45) is 0 Å². The third kappa shape index (κ3) is 6.21. The van der Waals surface area contributed by atoms with Crippen LogP contribution in [0.2, 0.25) is 0 Å². The van der Waals surface area contributed by atoms with E-state index in [4.69, 9.17) is 4.74 Å². The van der Waals surface area contributed by atoms with Gasteiger partial charge in [-0.25, -0.2) is 0 Å². The summed E-state index contributed by atoms with van der Waals surface area (Å²) in [4.78, 5) is 5.13. The number of rotatable bonds is 6. The number of hydrogen-bond acceptors (Lipinski definition) is 3. The lowest BCUT2D eigenvalue weighted by molar-refractivity contribution is 0.436. The summed E-state index contributed by atoms with van der Waals surface area (Å²) < 4.78 is 6.75. The Balaban J connectivity index is 0.865. The largest absolute Gasteiger partial charge is 0.457 e. The summed E-state index contributed by atoms with van der Waals surface area (Å²) in [5, 5.41) is 0. The molecule has 0 atom stereocenters. The number of anilines is 3. The molecule has 3 aliphatic carbocycles. The fourth-order valence-electron chi connectivity index (χ4n) is 15.9. The molecule has 84 heavy (non-hydrogen) atoms. The normalized spacial score (nSPS) is 14.8. The van der Waals surface area contributed by atoms with Gasteiger partial charge in [-0.1, -0.05) is 260 Å². The molecule has 13 aromatic carbocycles. The van der Waals surface area contributed by atoms with Crippen LogP contribution in [-0.4, -0.2) is 0 Å². The molecule has 0 amide bonds. The van der Waals surface area contributed by atoms with Crippen LogP contribution >= 0.6 is 11.8 Å². The fourth-order valence-corrected chi connectivity index (χ4v) is 17.1. The molecule has 3 heteroatoms. The van der Waals surface area contributed by atoms with Crippen molar-refractivity contribution in [3.63, 3.8) is 0 Å². The molecular weight excluding hydrogens is 1030 g/mol.